The van der Waals surface area contributed by atoms with Gasteiger partial charge in [-0.05, 0) is 12.8 Å². The van der Waals surface area contributed by atoms with Crippen LogP contribution in [0.4, 0.5) is 5.95 Å². The Labute approximate surface area is 96.5 Å². The van der Waals surface area contributed by atoms with Crippen molar-refractivity contribution >= 4 is 5.95 Å². The first-order valence-corrected chi connectivity index (χ1v) is 6.10. The fourth-order valence-electron chi connectivity index (χ4n) is 1.53. The third-order valence-corrected chi connectivity index (χ3v) is 2.48. The number of hydrogen-bond acceptors (Lipinski definition) is 3. The number of hydrogen-bond donors (Lipinski definition) is 2. The molecule has 1 aromatic heterocycles. The molecule has 0 aliphatic carbocycles. The Morgan fingerprint density at radius 3 is 2.81 bits per heavy atom. The van der Waals surface area contributed by atoms with Crippen molar-refractivity contribution in [1.82, 2.24) is 9.97 Å². The number of nitrogens with one attached hydrogen (secondary N) is 2. The molecule has 0 atom stereocenters. The molecule has 0 radical (unpaired) electrons. The van der Waals surface area contributed by atoms with Gasteiger partial charge in [0.15, 0.2) is 0 Å². The highest BCUT2D eigenvalue weighted by Gasteiger charge is 1.98. The number of unbranched alkanes of at least 4 members (excludes halogenated alkanes) is 3. The average molecular weight is 223 g/mol. The number of rotatable bonds is 7. The van der Waals surface area contributed by atoms with E-state index in [-0.39, 0.29) is 5.56 Å². The lowest BCUT2D eigenvalue weighted by atomic mass is 10.2. The maximum Gasteiger partial charge on any atom is 0.252 e. The van der Waals surface area contributed by atoms with Crippen molar-refractivity contribution in [2.45, 2.75) is 46.0 Å². The molecule has 0 fully saturated rings. The van der Waals surface area contributed by atoms with Gasteiger partial charge in [0.25, 0.3) is 5.56 Å². The highest BCUT2D eigenvalue weighted by atomic mass is 16.1. The van der Waals surface area contributed by atoms with Crippen molar-refractivity contribution in [2.75, 3.05) is 11.9 Å². The highest BCUT2D eigenvalue weighted by molar-refractivity contribution is 5.24. The number of aromatic amines is 1. The second kappa shape index (κ2) is 7.04. The third-order valence-electron chi connectivity index (χ3n) is 2.48. The Bertz CT molecular complexity index is 360. The number of anilines is 1. The quantitative estimate of drug-likeness (QED) is 0.697. The summed E-state index contributed by atoms with van der Waals surface area (Å²) in [6.45, 7) is 5.06. The molecule has 1 rings (SSSR count). The van der Waals surface area contributed by atoms with Crippen molar-refractivity contribution in [3.63, 3.8) is 0 Å². The zero-order valence-electron chi connectivity index (χ0n) is 10.2. The van der Waals surface area contributed by atoms with Gasteiger partial charge in [0.1, 0.15) is 0 Å². The summed E-state index contributed by atoms with van der Waals surface area (Å²) in [5.41, 5.74) is 0.753. The third kappa shape index (κ3) is 4.47. The molecule has 90 valence electrons. The van der Waals surface area contributed by atoms with Gasteiger partial charge in [-0.15, -0.1) is 0 Å². The van der Waals surface area contributed by atoms with Crippen LogP contribution in [0.25, 0.3) is 0 Å². The van der Waals surface area contributed by atoms with E-state index in [1.54, 1.807) is 6.07 Å². The van der Waals surface area contributed by atoms with Crippen molar-refractivity contribution in [2.24, 2.45) is 0 Å². The predicted octanol–water partition coefficient (Wildman–Crippen LogP) is 2.32. The van der Waals surface area contributed by atoms with E-state index in [1.165, 1.54) is 19.3 Å². The minimum Gasteiger partial charge on any atom is -0.356 e. The zero-order chi connectivity index (χ0) is 11.8. The zero-order valence-corrected chi connectivity index (χ0v) is 10.2. The number of aromatic nitrogens is 2. The van der Waals surface area contributed by atoms with Crippen LogP contribution in [0.2, 0.25) is 0 Å². The molecule has 0 aliphatic heterocycles. The van der Waals surface area contributed by atoms with E-state index in [2.05, 4.69) is 22.2 Å². The minimum absolute atomic E-state index is 0.0806. The number of aryl methyl sites for hydroxylation is 1. The Balaban J connectivity index is 2.41. The lowest BCUT2D eigenvalue weighted by Crippen LogP contribution is -2.14. The average Bonchev–Trinajstić information content (AvgIpc) is 2.28. The van der Waals surface area contributed by atoms with E-state index in [0.717, 1.165) is 25.1 Å². The van der Waals surface area contributed by atoms with Crippen LogP contribution >= 0.6 is 0 Å². The first-order chi connectivity index (χ1) is 7.76. The Hall–Kier alpha value is -1.32. The molecule has 1 heterocycles. The summed E-state index contributed by atoms with van der Waals surface area (Å²) >= 11 is 0. The van der Waals surface area contributed by atoms with Gasteiger partial charge in [0.05, 0.1) is 0 Å². The maximum absolute atomic E-state index is 11.3. The molecule has 16 heavy (non-hydrogen) atoms. The normalized spacial score (nSPS) is 10.4. The predicted molar refractivity (Wildman–Crippen MR) is 66.9 cm³/mol. The van der Waals surface area contributed by atoms with Crippen molar-refractivity contribution in [3.05, 3.63) is 22.1 Å². The highest BCUT2D eigenvalue weighted by Crippen LogP contribution is 2.01. The lowest BCUT2D eigenvalue weighted by Gasteiger charge is -2.05. The molecule has 2 N–H and O–H groups in total. The molecule has 0 bridgehead atoms. The Kier molecular flexibility index (Phi) is 5.61. The molecule has 4 heteroatoms. The Morgan fingerprint density at radius 2 is 2.12 bits per heavy atom. The van der Waals surface area contributed by atoms with Crippen molar-refractivity contribution in [1.29, 1.82) is 0 Å². The summed E-state index contributed by atoms with van der Waals surface area (Å²) in [6.07, 6.45) is 5.63. The Morgan fingerprint density at radius 1 is 1.31 bits per heavy atom. The summed E-state index contributed by atoms with van der Waals surface area (Å²) in [5.74, 6) is 0.598. The van der Waals surface area contributed by atoms with Gasteiger partial charge in [-0.1, -0.05) is 33.1 Å². The SMILES string of the molecule is CCCCCCNc1nc(CC)cc(=O)[nH]1. The fourth-order valence-corrected chi connectivity index (χ4v) is 1.53. The number of H-pyrrole nitrogens is 1. The second-order valence-electron chi connectivity index (χ2n) is 3.93. The largest absolute Gasteiger partial charge is 0.356 e. The first-order valence-electron chi connectivity index (χ1n) is 6.10. The summed E-state index contributed by atoms with van der Waals surface area (Å²) in [7, 11) is 0. The van der Waals surface area contributed by atoms with Gasteiger partial charge in [-0.25, -0.2) is 4.98 Å². The summed E-state index contributed by atoms with van der Waals surface area (Å²) < 4.78 is 0. The van der Waals surface area contributed by atoms with Crippen LogP contribution in [0.1, 0.15) is 45.2 Å². The van der Waals surface area contributed by atoms with Crippen molar-refractivity contribution < 1.29 is 0 Å². The smallest absolute Gasteiger partial charge is 0.252 e. The monoisotopic (exact) mass is 223 g/mol. The van der Waals surface area contributed by atoms with Crippen LogP contribution < -0.4 is 10.9 Å². The van der Waals surface area contributed by atoms with Crippen molar-refractivity contribution in [3.8, 4) is 0 Å². The van der Waals surface area contributed by atoms with E-state index in [9.17, 15) is 4.79 Å². The molecule has 0 aromatic carbocycles. The second-order valence-corrected chi connectivity index (χ2v) is 3.93. The van der Waals surface area contributed by atoms with E-state index in [0.29, 0.717) is 5.95 Å². The molecule has 4 nitrogen and oxygen atoms in total. The molecule has 1 aromatic rings. The van der Waals surface area contributed by atoms with Gasteiger partial charge < -0.3 is 5.32 Å². The minimum atomic E-state index is -0.0806. The number of nitrogens with zero attached hydrogens (tertiary/aromatic N) is 1. The summed E-state index contributed by atoms with van der Waals surface area (Å²) in [5, 5.41) is 3.15. The molecule has 0 aliphatic rings. The standard InChI is InChI=1S/C12H21N3O/c1-3-5-6-7-8-13-12-14-10(4-2)9-11(16)15-12/h9H,3-8H2,1-2H3,(H2,13,14,15,16). The maximum atomic E-state index is 11.3. The van der Waals surface area contributed by atoms with Gasteiger partial charge >= 0.3 is 0 Å². The molecular formula is C12H21N3O. The van der Waals surface area contributed by atoms with Crippen LogP contribution in [-0.2, 0) is 6.42 Å². The molecule has 0 unspecified atom stereocenters. The summed E-state index contributed by atoms with van der Waals surface area (Å²) in [4.78, 5) is 18.3. The van der Waals surface area contributed by atoms with E-state index < -0.39 is 0 Å². The van der Waals surface area contributed by atoms with Gasteiger partial charge in [-0.2, -0.15) is 0 Å². The van der Waals surface area contributed by atoms with Crippen LogP contribution in [-0.4, -0.2) is 16.5 Å². The van der Waals surface area contributed by atoms with E-state index >= 15 is 0 Å². The summed E-state index contributed by atoms with van der Waals surface area (Å²) in [6, 6.07) is 1.54. The molecule has 0 amide bonds. The topological polar surface area (TPSA) is 57.8 Å². The van der Waals surface area contributed by atoms with Gasteiger partial charge in [0, 0.05) is 18.3 Å². The molecule has 0 spiro atoms. The fraction of sp³-hybridized carbons (Fsp3) is 0.667. The first kappa shape index (κ1) is 12.7. The molecular weight excluding hydrogens is 202 g/mol. The molecule has 0 saturated heterocycles. The van der Waals surface area contributed by atoms with E-state index in [1.807, 2.05) is 6.92 Å². The van der Waals surface area contributed by atoms with Gasteiger partial charge in [-0.3, -0.25) is 9.78 Å². The molecule has 0 saturated carbocycles. The lowest BCUT2D eigenvalue weighted by molar-refractivity contribution is 0.683. The van der Waals surface area contributed by atoms with Crippen LogP contribution in [0.5, 0.6) is 0 Å². The van der Waals surface area contributed by atoms with Crippen LogP contribution in [0.15, 0.2) is 10.9 Å². The van der Waals surface area contributed by atoms with Crippen LogP contribution in [0.3, 0.4) is 0 Å². The van der Waals surface area contributed by atoms with Gasteiger partial charge in [0.2, 0.25) is 5.95 Å². The van der Waals surface area contributed by atoms with Crippen LogP contribution in [0, 0.1) is 0 Å². The van der Waals surface area contributed by atoms with E-state index in [4.69, 9.17) is 0 Å².